The highest BCUT2D eigenvalue weighted by atomic mass is 16.5. The van der Waals surface area contributed by atoms with Crippen molar-refractivity contribution in [1.82, 2.24) is 0 Å². The van der Waals surface area contributed by atoms with E-state index >= 15 is 0 Å². The van der Waals surface area contributed by atoms with Crippen LogP contribution in [0, 0.1) is 5.92 Å². The Morgan fingerprint density at radius 2 is 2.20 bits per heavy atom. The second-order valence-electron chi connectivity index (χ2n) is 5.90. The van der Waals surface area contributed by atoms with Gasteiger partial charge in [0.05, 0.1) is 13.0 Å². The summed E-state index contributed by atoms with van der Waals surface area (Å²) in [6.07, 6.45) is 2.93. The molecule has 0 bridgehead atoms. The number of hydrogen-bond acceptors (Lipinski definition) is 2. The summed E-state index contributed by atoms with van der Waals surface area (Å²) in [6.45, 7) is 2.17. The quantitative estimate of drug-likeness (QED) is 0.581. The number of methoxy groups -OCH3 is 1. The van der Waals surface area contributed by atoms with Gasteiger partial charge in [-0.25, -0.2) is 0 Å². The van der Waals surface area contributed by atoms with Gasteiger partial charge in [-0.1, -0.05) is 19.1 Å². The van der Waals surface area contributed by atoms with E-state index in [2.05, 4.69) is 17.8 Å². The summed E-state index contributed by atoms with van der Waals surface area (Å²) >= 11 is 0. The van der Waals surface area contributed by atoms with Gasteiger partial charge in [-0.2, -0.15) is 4.79 Å². The second kappa shape index (κ2) is 4.57. The van der Waals surface area contributed by atoms with Crippen molar-refractivity contribution in [2.45, 2.75) is 38.0 Å². The third kappa shape index (κ3) is 1.65. The molecular formula is C16H18N2O2. The molecule has 0 unspecified atom stereocenters. The molecule has 0 heterocycles. The number of Topliss-reactive ketones (excluding diaryl/α,β-unsaturated/α-hetero) is 1. The molecule has 4 nitrogen and oxygen atoms in total. The van der Waals surface area contributed by atoms with Crippen LogP contribution < -0.4 is 4.74 Å². The van der Waals surface area contributed by atoms with E-state index in [4.69, 9.17) is 4.74 Å². The Kier molecular flexibility index (Phi) is 2.98. The average molecular weight is 270 g/mol. The van der Waals surface area contributed by atoms with Crippen molar-refractivity contribution in [1.29, 1.82) is 0 Å². The lowest BCUT2D eigenvalue weighted by atomic mass is 9.57. The molecule has 0 saturated heterocycles. The van der Waals surface area contributed by atoms with Gasteiger partial charge in [0.2, 0.25) is 5.78 Å². The predicted octanol–water partition coefficient (Wildman–Crippen LogP) is 2.55. The smallest absolute Gasteiger partial charge is 0.338 e. The highest BCUT2D eigenvalue weighted by Gasteiger charge is 2.52. The molecule has 4 heteroatoms. The van der Waals surface area contributed by atoms with Gasteiger partial charge in [0.25, 0.3) is 0 Å². The summed E-state index contributed by atoms with van der Waals surface area (Å²) in [4.78, 5) is 15.3. The van der Waals surface area contributed by atoms with Crippen LogP contribution >= 0.6 is 0 Å². The number of benzene rings is 1. The third-order valence-electron chi connectivity index (χ3n) is 5.02. The number of ketones is 1. The van der Waals surface area contributed by atoms with Crippen molar-refractivity contribution >= 4 is 11.5 Å². The molecule has 0 aromatic heterocycles. The molecule has 3 rings (SSSR count). The molecule has 1 fully saturated rings. The summed E-state index contributed by atoms with van der Waals surface area (Å²) in [5.41, 5.74) is 11.9. The SMILES string of the molecule is COc1cccc2c1CC[C@H]1C(=[N+]=[N-])C(=O)CC[C@]21C. The van der Waals surface area contributed by atoms with Crippen LogP contribution in [-0.2, 0) is 16.6 Å². The standard InChI is InChI=1S/C16H18N2O2/c1-16-9-8-13(19)15(18-17)12(16)7-6-10-11(16)4-3-5-14(10)20-2/h3-5,12H,6-9H2,1-2H3/t12-,16+/m0/s1. The van der Waals surface area contributed by atoms with Crippen molar-refractivity contribution in [2.24, 2.45) is 5.92 Å². The third-order valence-corrected chi connectivity index (χ3v) is 5.02. The highest BCUT2D eigenvalue weighted by molar-refractivity contribution is 6.39. The Bertz CT molecular complexity index is 631. The van der Waals surface area contributed by atoms with Gasteiger partial charge in [0, 0.05) is 11.8 Å². The lowest BCUT2D eigenvalue weighted by Crippen LogP contribution is -2.48. The molecule has 0 spiro atoms. The molecule has 1 aromatic rings. The van der Waals surface area contributed by atoms with Crippen LogP contribution in [0.1, 0.15) is 37.3 Å². The topological polar surface area (TPSA) is 62.7 Å². The first-order valence-corrected chi connectivity index (χ1v) is 7.03. The molecule has 0 aliphatic heterocycles. The fraction of sp³-hybridized carbons (Fsp3) is 0.500. The number of hydrogen-bond donors (Lipinski definition) is 0. The number of rotatable bonds is 1. The maximum Gasteiger partial charge on any atom is 0.338 e. The van der Waals surface area contributed by atoms with Crippen LogP contribution in [0.3, 0.4) is 0 Å². The van der Waals surface area contributed by atoms with Crippen molar-refractivity contribution in [3.8, 4) is 5.75 Å². The van der Waals surface area contributed by atoms with Crippen molar-refractivity contribution in [3.05, 3.63) is 34.9 Å². The summed E-state index contributed by atoms with van der Waals surface area (Å²) in [7, 11) is 1.69. The van der Waals surface area contributed by atoms with E-state index in [9.17, 15) is 10.3 Å². The number of nitrogens with zero attached hydrogens (tertiary/aromatic N) is 2. The average Bonchev–Trinajstić information content (AvgIpc) is 2.47. The zero-order valence-electron chi connectivity index (χ0n) is 11.8. The minimum atomic E-state index is -0.141. The van der Waals surface area contributed by atoms with Crippen LogP contribution in [0.4, 0.5) is 0 Å². The zero-order chi connectivity index (χ0) is 14.3. The molecule has 0 amide bonds. The Labute approximate surface area is 118 Å². The molecule has 1 saturated carbocycles. The molecule has 0 radical (unpaired) electrons. The fourth-order valence-corrected chi connectivity index (χ4v) is 3.91. The summed E-state index contributed by atoms with van der Waals surface area (Å²) in [6, 6.07) is 6.10. The largest absolute Gasteiger partial charge is 0.496 e. The Morgan fingerprint density at radius 1 is 1.40 bits per heavy atom. The van der Waals surface area contributed by atoms with Gasteiger partial charge >= 0.3 is 5.71 Å². The van der Waals surface area contributed by atoms with Crippen LogP contribution in [0.2, 0.25) is 0 Å². The summed E-state index contributed by atoms with van der Waals surface area (Å²) in [5, 5.41) is 0. The van der Waals surface area contributed by atoms with Gasteiger partial charge in [-0.05, 0) is 36.5 Å². The Hall–Kier alpha value is -1.93. The van der Waals surface area contributed by atoms with Gasteiger partial charge in [-0.15, -0.1) is 0 Å². The normalized spacial score (nSPS) is 28.4. The molecule has 0 N–H and O–H groups in total. The predicted molar refractivity (Wildman–Crippen MR) is 75.0 cm³/mol. The fourth-order valence-electron chi connectivity index (χ4n) is 3.91. The molecule has 20 heavy (non-hydrogen) atoms. The molecule has 2 aliphatic rings. The minimum Gasteiger partial charge on any atom is -0.496 e. The van der Waals surface area contributed by atoms with E-state index in [-0.39, 0.29) is 17.1 Å². The number of carbonyl (C=O) groups is 1. The summed E-state index contributed by atoms with van der Waals surface area (Å²) < 4.78 is 5.47. The first-order chi connectivity index (χ1) is 9.61. The maximum atomic E-state index is 11.9. The van der Waals surface area contributed by atoms with Crippen LogP contribution in [-0.4, -0.2) is 23.4 Å². The van der Waals surface area contributed by atoms with E-state index in [1.807, 2.05) is 12.1 Å². The molecule has 104 valence electrons. The van der Waals surface area contributed by atoms with Crippen molar-refractivity contribution < 1.29 is 14.3 Å². The van der Waals surface area contributed by atoms with E-state index in [1.165, 1.54) is 11.1 Å². The highest BCUT2D eigenvalue weighted by Crippen LogP contribution is 2.49. The molecule has 1 aromatic carbocycles. The van der Waals surface area contributed by atoms with E-state index < -0.39 is 0 Å². The minimum absolute atomic E-state index is 0.00774. The number of carbonyl (C=O) groups excluding carboxylic acids is 1. The monoisotopic (exact) mass is 270 g/mol. The van der Waals surface area contributed by atoms with Crippen LogP contribution in [0.5, 0.6) is 5.75 Å². The Balaban J connectivity index is 2.17. The van der Waals surface area contributed by atoms with Gasteiger partial charge in [0.1, 0.15) is 5.75 Å². The lowest BCUT2D eigenvalue weighted by Gasteiger charge is -2.43. The lowest BCUT2D eigenvalue weighted by molar-refractivity contribution is -0.120. The van der Waals surface area contributed by atoms with Crippen molar-refractivity contribution in [2.75, 3.05) is 7.11 Å². The Morgan fingerprint density at radius 3 is 2.90 bits per heavy atom. The van der Waals surface area contributed by atoms with Gasteiger partial charge < -0.3 is 10.3 Å². The van der Waals surface area contributed by atoms with E-state index in [0.717, 1.165) is 25.0 Å². The number of fused-ring (bicyclic) bond motifs is 3. The van der Waals surface area contributed by atoms with Gasteiger partial charge in [0.15, 0.2) is 0 Å². The molecule has 2 atom stereocenters. The zero-order valence-corrected chi connectivity index (χ0v) is 11.8. The van der Waals surface area contributed by atoms with E-state index in [0.29, 0.717) is 12.1 Å². The number of ether oxygens (including phenoxy) is 1. The maximum absolute atomic E-state index is 11.9. The molecular weight excluding hydrogens is 252 g/mol. The van der Waals surface area contributed by atoms with Crippen LogP contribution in [0.25, 0.3) is 5.53 Å². The summed E-state index contributed by atoms with van der Waals surface area (Å²) in [5.74, 6) is 0.913. The second-order valence-corrected chi connectivity index (χ2v) is 5.90. The van der Waals surface area contributed by atoms with Crippen LogP contribution in [0.15, 0.2) is 18.2 Å². The van der Waals surface area contributed by atoms with E-state index in [1.54, 1.807) is 7.11 Å². The first kappa shape index (κ1) is 13.1. The van der Waals surface area contributed by atoms with Gasteiger partial charge in [-0.3, -0.25) is 4.79 Å². The molecule has 2 aliphatic carbocycles. The van der Waals surface area contributed by atoms with Crippen molar-refractivity contribution in [3.63, 3.8) is 0 Å². The first-order valence-electron chi connectivity index (χ1n) is 7.03.